The highest BCUT2D eigenvalue weighted by Crippen LogP contribution is 2.21. The number of carbonyl (C=O) groups excluding carboxylic acids is 1. The number of halogens is 1. The second kappa shape index (κ2) is 7.93. The third kappa shape index (κ3) is 4.02. The zero-order valence-electron chi connectivity index (χ0n) is 14.3. The summed E-state index contributed by atoms with van der Waals surface area (Å²) in [5.74, 6) is 0.543. The number of benzene rings is 2. The first-order valence-corrected chi connectivity index (χ1v) is 10.6. The molecule has 6 nitrogen and oxygen atoms in total. The van der Waals surface area contributed by atoms with Crippen LogP contribution in [-0.4, -0.2) is 56.8 Å². The molecule has 1 saturated heterocycles. The molecule has 0 unspecified atom stereocenters. The standard InChI is InChI=1S/C18H19IN2O4S/c1-25-16-5-7-17(8-6-16)26(23,24)21-11-9-20(10-12-21)18(22)14-3-2-4-15(19)13-14/h2-8,13H,9-12H2,1H3. The fourth-order valence-corrected chi connectivity index (χ4v) is 4.80. The van der Waals surface area contributed by atoms with Gasteiger partial charge in [0, 0.05) is 35.3 Å². The highest BCUT2D eigenvalue weighted by Gasteiger charge is 2.30. The first-order valence-electron chi connectivity index (χ1n) is 8.11. The summed E-state index contributed by atoms with van der Waals surface area (Å²) in [7, 11) is -2.03. The monoisotopic (exact) mass is 486 g/mol. The predicted molar refractivity (Wildman–Crippen MR) is 107 cm³/mol. The van der Waals surface area contributed by atoms with Crippen molar-refractivity contribution in [2.24, 2.45) is 0 Å². The normalized spacial score (nSPS) is 15.7. The highest BCUT2D eigenvalue weighted by molar-refractivity contribution is 14.1. The minimum atomic E-state index is -3.57. The van der Waals surface area contributed by atoms with Crippen LogP contribution in [0, 0.1) is 3.57 Å². The lowest BCUT2D eigenvalue weighted by atomic mass is 10.2. The van der Waals surface area contributed by atoms with E-state index in [1.54, 1.807) is 23.1 Å². The summed E-state index contributed by atoms with van der Waals surface area (Å²) in [6.07, 6.45) is 0. The van der Waals surface area contributed by atoms with E-state index in [1.165, 1.54) is 23.5 Å². The molecule has 0 aromatic heterocycles. The van der Waals surface area contributed by atoms with Crippen molar-refractivity contribution in [3.05, 3.63) is 57.7 Å². The maximum absolute atomic E-state index is 12.8. The summed E-state index contributed by atoms with van der Waals surface area (Å²) < 4.78 is 33.0. The van der Waals surface area contributed by atoms with Crippen molar-refractivity contribution in [1.82, 2.24) is 9.21 Å². The topological polar surface area (TPSA) is 66.9 Å². The predicted octanol–water partition coefficient (Wildman–Crippen LogP) is 2.45. The number of rotatable bonds is 4. The Morgan fingerprint density at radius 3 is 2.27 bits per heavy atom. The van der Waals surface area contributed by atoms with Crippen LogP contribution in [0.5, 0.6) is 5.75 Å². The fraction of sp³-hybridized carbons (Fsp3) is 0.278. The third-order valence-electron chi connectivity index (χ3n) is 4.29. The maximum Gasteiger partial charge on any atom is 0.253 e. The van der Waals surface area contributed by atoms with Crippen molar-refractivity contribution >= 4 is 38.5 Å². The number of piperazine rings is 1. The van der Waals surface area contributed by atoms with E-state index in [1.807, 2.05) is 18.2 Å². The van der Waals surface area contributed by atoms with Crippen LogP contribution in [0.1, 0.15) is 10.4 Å². The van der Waals surface area contributed by atoms with E-state index >= 15 is 0 Å². The Bertz CT molecular complexity index is 892. The molecule has 3 rings (SSSR count). The summed E-state index contributed by atoms with van der Waals surface area (Å²) in [5, 5.41) is 0. The smallest absolute Gasteiger partial charge is 0.253 e. The lowest BCUT2D eigenvalue weighted by Gasteiger charge is -2.34. The van der Waals surface area contributed by atoms with Crippen molar-refractivity contribution in [2.75, 3.05) is 33.3 Å². The molecule has 0 radical (unpaired) electrons. The van der Waals surface area contributed by atoms with Gasteiger partial charge in [-0.1, -0.05) is 6.07 Å². The Morgan fingerprint density at radius 2 is 1.69 bits per heavy atom. The number of nitrogens with zero attached hydrogens (tertiary/aromatic N) is 2. The Kier molecular flexibility index (Phi) is 5.83. The number of carbonyl (C=O) groups is 1. The van der Waals surface area contributed by atoms with Crippen LogP contribution in [0.3, 0.4) is 0 Å². The Hall–Kier alpha value is -1.65. The van der Waals surface area contributed by atoms with Crippen molar-refractivity contribution in [1.29, 1.82) is 0 Å². The first kappa shape index (κ1) is 19.1. The van der Waals surface area contributed by atoms with E-state index in [2.05, 4.69) is 22.6 Å². The number of amides is 1. The molecule has 138 valence electrons. The molecule has 1 heterocycles. The zero-order chi connectivity index (χ0) is 18.7. The van der Waals surface area contributed by atoms with Gasteiger partial charge in [0.2, 0.25) is 10.0 Å². The van der Waals surface area contributed by atoms with Crippen LogP contribution >= 0.6 is 22.6 Å². The van der Waals surface area contributed by atoms with Crippen LogP contribution < -0.4 is 4.74 Å². The molecule has 8 heteroatoms. The lowest BCUT2D eigenvalue weighted by molar-refractivity contribution is 0.0698. The second-order valence-electron chi connectivity index (χ2n) is 5.88. The van der Waals surface area contributed by atoms with Crippen LogP contribution in [0.2, 0.25) is 0 Å². The Labute approximate surface area is 166 Å². The second-order valence-corrected chi connectivity index (χ2v) is 9.07. The van der Waals surface area contributed by atoms with Crippen molar-refractivity contribution < 1.29 is 17.9 Å². The van der Waals surface area contributed by atoms with Crippen molar-refractivity contribution in [3.8, 4) is 5.75 Å². The van der Waals surface area contributed by atoms with Crippen LogP contribution in [0.25, 0.3) is 0 Å². The summed E-state index contributed by atoms with van der Waals surface area (Å²) in [5.41, 5.74) is 0.628. The molecule has 2 aromatic rings. The minimum Gasteiger partial charge on any atom is -0.497 e. The molecule has 1 fully saturated rings. The molecular weight excluding hydrogens is 467 g/mol. The summed E-state index contributed by atoms with van der Waals surface area (Å²) in [4.78, 5) is 14.5. The van der Waals surface area contributed by atoms with Gasteiger partial charge in [-0.2, -0.15) is 4.31 Å². The van der Waals surface area contributed by atoms with Gasteiger partial charge in [-0.05, 0) is 65.1 Å². The SMILES string of the molecule is COc1ccc(S(=O)(=O)N2CCN(C(=O)c3cccc(I)c3)CC2)cc1. The average Bonchev–Trinajstić information content (AvgIpc) is 2.67. The molecule has 0 bridgehead atoms. The van der Waals surface area contributed by atoms with E-state index in [9.17, 15) is 13.2 Å². The van der Waals surface area contributed by atoms with E-state index < -0.39 is 10.0 Å². The molecule has 1 aliphatic rings. The first-order chi connectivity index (χ1) is 12.4. The molecule has 0 saturated carbocycles. The van der Waals surface area contributed by atoms with Gasteiger partial charge in [0.05, 0.1) is 12.0 Å². The Balaban J connectivity index is 1.68. The number of sulfonamides is 1. The molecule has 1 amide bonds. The molecule has 2 aromatic carbocycles. The van der Waals surface area contributed by atoms with Gasteiger partial charge in [0.25, 0.3) is 5.91 Å². The van der Waals surface area contributed by atoms with Crippen LogP contribution in [-0.2, 0) is 10.0 Å². The average molecular weight is 486 g/mol. The van der Waals surface area contributed by atoms with Gasteiger partial charge in [0.1, 0.15) is 5.75 Å². The molecular formula is C18H19IN2O4S. The van der Waals surface area contributed by atoms with Crippen LogP contribution in [0.4, 0.5) is 0 Å². The van der Waals surface area contributed by atoms with Gasteiger partial charge in [0.15, 0.2) is 0 Å². The van der Waals surface area contributed by atoms with Crippen LogP contribution in [0.15, 0.2) is 53.4 Å². The largest absolute Gasteiger partial charge is 0.497 e. The molecule has 1 aliphatic heterocycles. The number of hydrogen-bond donors (Lipinski definition) is 0. The summed E-state index contributed by atoms with van der Waals surface area (Å²) in [6, 6.07) is 13.7. The lowest BCUT2D eigenvalue weighted by Crippen LogP contribution is -2.50. The summed E-state index contributed by atoms with van der Waals surface area (Å²) in [6.45, 7) is 1.31. The van der Waals surface area contributed by atoms with E-state index in [-0.39, 0.29) is 23.9 Å². The fourth-order valence-electron chi connectivity index (χ4n) is 2.83. The van der Waals surface area contributed by atoms with Gasteiger partial charge < -0.3 is 9.64 Å². The van der Waals surface area contributed by atoms with Gasteiger partial charge in [-0.15, -0.1) is 0 Å². The van der Waals surface area contributed by atoms with Gasteiger partial charge in [-0.3, -0.25) is 4.79 Å². The van der Waals surface area contributed by atoms with E-state index in [0.717, 1.165) is 3.57 Å². The maximum atomic E-state index is 12.8. The summed E-state index contributed by atoms with van der Waals surface area (Å²) >= 11 is 2.17. The van der Waals surface area contributed by atoms with Crippen molar-refractivity contribution in [3.63, 3.8) is 0 Å². The van der Waals surface area contributed by atoms with E-state index in [0.29, 0.717) is 24.4 Å². The highest BCUT2D eigenvalue weighted by atomic mass is 127. The molecule has 0 aliphatic carbocycles. The molecule has 0 N–H and O–H groups in total. The zero-order valence-corrected chi connectivity index (χ0v) is 17.2. The van der Waals surface area contributed by atoms with Crippen molar-refractivity contribution in [2.45, 2.75) is 4.90 Å². The third-order valence-corrected chi connectivity index (χ3v) is 6.88. The van der Waals surface area contributed by atoms with Gasteiger partial charge in [-0.25, -0.2) is 8.42 Å². The quantitative estimate of drug-likeness (QED) is 0.623. The number of methoxy groups -OCH3 is 1. The minimum absolute atomic E-state index is 0.0648. The number of ether oxygens (including phenoxy) is 1. The van der Waals surface area contributed by atoms with Gasteiger partial charge >= 0.3 is 0 Å². The number of hydrogen-bond acceptors (Lipinski definition) is 4. The Morgan fingerprint density at radius 1 is 1.04 bits per heavy atom. The van der Waals surface area contributed by atoms with E-state index in [4.69, 9.17) is 4.74 Å². The molecule has 26 heavy (non-hydrogen) atoms. The molecule has 0 atom stereocenters. The molecule has 0 spiro atoms.